The van der Waals surface area contributed by atoms with E-state index in [-0.39, 0.29) is 95.2 Å². The van der Waals surface area contributed by atoms with Crippen LogP contribution in [-0.2, 0) is 95.7 Å². The Balaban J connectivity index is 0.000000341. The molecular weight excluding hydrogens is 2130 g/mol. The van der Waals surface area contributed by atoms with Crippen molar-refractivity contribution < 1.29 is 95.2 Å². The quantitative estimate of drug-likeness (QED) is 0.00951. The van der Waals surface area contributed by atoms with Crippen LogP contribution in [0.1, 0.15) is 85.8 Å². The van der Waals surface area contributed by atoms with Crippen molar-refractivity contribution in [2.24, 2.45) is 0 Å². The number of rotatable bonds is 32. The van der Waals surface area contributed by atoms with Gasteiger partial charge in [-0.1, -0.05) is 24.3 Å². The first kappa shape index (κ1) is 80.8. The van der Waals surface area contributed by atoms with Gasteiger partial charge in [-0.2, -0.15) is 0 Å². The second-order valence-electron chi connectivity index (χ2n) is 19.9. The summed E-state index contributed by atoms with van der Waals surface area (Å²) in [4.78, 5) is 95.5. The van der Waals surface area contributed by atoms with E-state index in [2.05, 4.69) is 181 Å². The number of halogens is 8. The molecule has 0 aromatic heterocycles. The molecule has 6 rings (SSSR count). The average molecular weight is 2190 g/mol. The fourth-order valence-electron chi connectivity index (χ4n) is 8.24. The molecule has 94 heavy (non-hydrogen) atoms. The van der Waals surface area contributed by atoms with E-state index in [0.29, 0.717) is 88.6 Å². The maximum atomic E-state index is 12.4. The Kier molecular flexibility index (Phi) is 37.4. The molecule has 0 saturated carbocycles. The van der Waals surface area contributed by atoms with Crippen LogP contribution in [0.3, 0.4) is 0 Å². The van der Waals surface area contributed by atoms with Gasteiger partial charge in [0.2, 0.25) is 0 Å². The molecule has 0 amide bonds. The van der Waals surface area contributed by atoms with Gasteiger partial charge in [0.1, 0.15) is 23.0 Å². The van der Waals surface area contributed by atoms with Crippen molar-refractivity contribution in [2.75, 3.05) is 53.9 Å². The minimum Gasteiger partial charge on any atom is -0.495 e. The summed E-state index contributed by atoms with van der Waals surface area (Å²) in [5.74, 6) is 1.14. The van der Waals surface area contributed by atoms with E-state index in [9.17, 15) is 38.4 Å². The van der Waals surface area contributed by atoms with Gasteiger partial charge in [0.25, 0.3) is 0 Å². The number of methoxy groups -OCH3 is 2. The highest BCUT2D eigenvalue weighted by molar-refractivity contribution is 14.1. The number of hydrogen-bond donors (Lipinski definition) is 0. The number of carbonyl (C=O) groups excluding carboxylic acids is 8. The lowest BCUT2D eigenvalue weighted by molar-refractivity contribution is -0.148. The summed E-state index contributed by atoms with van der Waals surface area (Å²) in [6, 6.07) is 29.1. The molecule has 0 bridgehead atoms. The second kappa shape index (κ2) is 43.5. The number of benzene rings is 6. The van der Waals surface area contributed by atoms with E-state index < -0.39 is 18.3 Å². The van der Waals surface area contributed by atoms with E-state index in [1.807, 2.05) is 48.5 Å². The summed E-state index contributed by atoms with van der Waals surface area (Å²) in [6.07, 6.45) is 3.03. The average Bonchev–Trinajstić information content (AvgIpc) is 0.905. The number of esters is 6. The highest BCUT2D eigenvalue weighted by atomic mass is 127. The zero-order valence-electron chi connectivity index (χ0n) is 51.2. The summed E-state index contributed by atoms with van der Waals surface area (Å²) < 4.78 is 70.0. The summed E-state index contributed by atoms with van der Waals surface area (Å²) >= 11 is 17.1. The molecule has 0 fully saturated rings. The molecule has 0 atom stereocenters. The fourth-order valence-corrected chi connectivity index (χ4v) is 17.1. The molecule has 0 radical (unpaired) electrons. The number of aryl methyl sites for hydroxylation is 4. The Morgan fingerprint density at radius 2 is 0.585 bits per heavy atom. The highest BCUT2D eigenvalue weighted by Crippen LogP contribution is 2.33. The molecule has 0 saturated heterocycles. The van der Waals surface area contributed by atoms with Gasteiger partial charge in [0.05, 0.1) is 82.4 Å². The third kappa shape index (κ3) is 30.5. The van der Waals surface area contributed by atoms with Gasteiger partial charge >= 0.3 is 48.1 Å². The predicted molar refractivity (Wildman–Crippen MR) is 414 cm³/mol. The Labute approximate surface area is 653 Å². The highest BCUT2D eigenvalue weighted by Gasteiger charge is 2.19. The molecule has 504 valence electrons. The first-order chi connectivity index (χ1) is 44.9. The van der Waals surface area contributed by atoms with Crippen LogP contribution in [0, 0.1) is 28.6 Å². The Morgan fingerprint density at radius 1 is 0.298 bits per heavy atom. The first-order valence-electron chi connectivity index (χ1n) is 28.8. The van der Waals surface area contributed by atoms with Crippen molar-refractivity contribution in [3.05, 3.63) is 159 Å². The van der Waals surface area contributed by atoms with Crippen molar-refractivity contribution in [1.29, 1.82) is 0 Å². The predicted octanol–water partition coefficient (Wildman–Crippen LogP) is 15.7. The van der Waals surface area contributed by atoms with Crippen LogP contribution in [0.4, 0.5) is 9.59 Å². The van der Waals surface area contributed by atoms with Gasteiger partial charge in [0, 0.05) is 65.2 Å². The van der Waals surface area contributed by atoms with Crippen LogP contribution in [0.2, 0.25) is 0 Å². The van der Waals surface area contributed by atoms with Gasteiger partial charge in [0.15, 0.2) is 11.5 Å². The third-order valence-electron chi connectivity index (χ3n) is 12.7. The van der Waals surface area contributed by atoms with E-state index in [1.54, 1.807) is 62.8 Å². The number of hydrogen-bond acceptors (Lipinski definition) is 20. The summed E-state index contributed by atoms with van der Waals surface area (Å²) in [7, 11) is 3.27. The normalized spacial score (nSPS) is 10.6. The molecule has 6 aromatic rings. The van der Waals surface area contributed by atoms with Crippen LogP contribution in [-0.4, -0.2) is 102 Å². The van der Waals surface area contributed by atoms with Crippen LogP contribution in [0.25, 0.3) is 0 Å². The molecule has 0 spiro atoms. The monoisotopic (exact) mass is 2190 g/mol. The second-order valence-corrected chi connectivity index (χ2v) is 29.2. The Bertz CT molecular complexity index is 3490. The van der Waals surface area contributed by atoms with Gasteiger partial charge < -0.3 is 56.8 Å². The summed E-state index contributed by atoms with van der Waals surface area (Å²) in [6.45, 7) is 3.74. The molecule has 20 nitrogen and oxygen atoms in total. The number of carbonyl (C=O) groups is 8. The van der Waals surface area contributed by atoms with E-state index in [1.165, 1.54) is 13.8 Å². The lowest BCUT2D eigenvalue weighted by atomic mass is 10.1. The molecule has 0 unspecified atom stereocenters. The molecule has 28 heteroatoms. The lowest BCUT2D eigenvalue weighted by Crippen LogP contribution is -2.15. The zero-order valence-corrected chi connectivity index (χ0v) is 68.4. The number of ether oxygens (including phenoxy) is 12. The van der Waals surface area contributed by atoms with E-state index in [4.69, 9.17) is 56.8 Å². The minimum atomic E-state index is -0.877. The standard InChI is InChI=1S/2C33H32I4O10/c1-20(38)43-15-12-21-4-8-24(9-5-21)46-33(41)47-32-27(36)18-23(19-28(32)37)7-11-30(40)45-14-3-13-44-29(39)10-6-22-16-25(34)31(42-2)26(35)17-22;1-20(38)46-24-8-4-21(5-9-24)12-15-45-33(41)47-32-27(36)18-23(19-28(32)37)7-11-30(40)44-14-3-13-43-29(39)10-6-22-16-25(34)31(42-2)26(35)17-22/h2*4-5,8-9,16-19H,3,6-7,10-15H2,1-2H3. The summed E-state index contributed by atoms with van der Waals surface area (Å²) in [5, 5.41) is 0. The Morgan fingerprint density at radius 3 is 0.883 bits per heavy atom. The lowest BCUT2D eigenvalue weighted by Gasteiger charge is -2.12. The zero-order chi connectivity index (χ0) is 68.7. The van der Waals surface area contributed by atoms with Crippen molar-refractivity contribution in [3.8, 4) is 34.5 Å². The maximum absolute atomic E-state index is 12.4. The van der Waals surface area contributed by atoms with Crippen molar-refractivity contribution in [1.82, 2.24) is 0 Å². The van der Waals surface area contributed by atoms with Crippen molar-refractivity contribution in [3.63, 3.8) is 0 Å². The van der Waals surface area contributed by atoms with Crippen LogP contribution < -0.4 is 28.4 Å². The van der Waals surface area contributed by atoms with Crippen molar-refractivity contribution in [2.45, 2.75) is 90.9 Å². The molecule has 0 N–H and O–H groups in total. The third-order valence-corrected chi connectivity index (χ3v) is 19.1. The summed E-state index contributed by atoms with van der Waals surface area (Å²) in [5.41, 5.74) is 5.69. The van der Waals surface area contributed by atoms with Crippen molar-refractivity contribution >= 4 is 229 Å². The van der Waals surface area contributed by atoms with Crippen LogP contribution >= 0.6 is 181 Å². The molecular formula is C66H64I8O20. The minimum absolute atomic E-state index is 0.116. The molecule has 0 aliphatic rings. The van der Waals surface area contributed by atoms with Gasteiger partial charge in [-0.05, 0) is 313 Å². The van der Waals surface area contributed by atoms with Gasteiger partial charge in [-0.3, -0.25) is 28.8 Å². The van der Waals surface area contributed by atoms with E-state index in [0.717, 1.165) is 59.2 Å². The molecule has 6 aromatic carbocycles. The topological polar surface area (TPSA) is 247 Å². The molecule has 0 heterocycles. The van der Waals surface area contributed by atoms with Gasteiger partial charge in [-0.25, -0.2) is 9.59 Å². The first-order valence-corrected chi connectivity index (χ1v) is 37.4. The van der Waals surface area contributed by atoms with Gasteiger partial charge in [-0.15, -0.1) is 0 Å². The van der Waals surface area contributed by atoms with Crippen LogP contribution in [0.5, 0.6) is 34.5 Å². The molecule has 0 aliphatic heterocycles. The smallest absolute Gasteiger partial charge is 0.495 e. The van der Waals surface area contributed by atoms with Crippen LogP contribution in [0.15, 0.2) is 97.1 Å². The fraction of sp³-hybridized carbons (Fsp3) is 0.333. The molecule has 0 aliphatic carbocycles. The SMILES string of the molecule is COc1c(I)cc(CCC(=O)OCCCOC(=O)CCc2cc(I)c(OC(=O)OCCc3ccc(OC(C)=O)cc3)c(I)c2)cc1I.COc1c(I)cc(CCC(=O)OCCCOC(=O)CCc2cc(I)c(OC(=O)Oc3ccc(CCOC(C)=O)cc3)c(I)c2)cc1I. The Hall–Kier alpha value is -3.88. The maximum Gasteiger partial charge on any atom is 0.519 e. The van der Waals surface area contributed by atoms with E-state index >= 15 is 0 Å². The largest absolute Gasteiger partial charge is 0.519 e.